The first kappa shape index (κ1) is 12.9. The number of hydrogen-bond acceptors (Lipinski definition) is 2. The van der Waals surface area contributed by atoms with Gasteiger partial charge in [-0.2, -0.15) is 0 Å². The van der Waals surface area contributed by atoms with Crippen LogP contribution in [0, 0.1) is 11.3 Å². The van der Waals surface area contributed by atoms with Crippen molar-refractivity contribution in [3.8, 4) is 5.75 Å². The van der Waals surface area contributed by atoms with Gasteiger partial charge < -0.3 is 10.5 Å². The van der Waals surface area contributed by atoms with Crippen molar-refractivity contribution in [3.05, 3.63) is 28.2 Å². The molecule has 17 heavy (non-hydrogen) atoms. The molecule has 2 rings (SSSR count). The van der Waals surface area contributed by atoms with Crippen molar-refractivity contribution in [2.24, 2.45) is 17.1 Å². The van der Waals surface area contributed by atoms with E-state index < -0.39 is 0 Å². The fraction of sp³-hybridized carbons (Fsp3) is 0.571. The minimum Gasteiger partial charge on any atom is -0.493 e. The second-order valence-corrected chi connectivity index (χ2v) is 6.30. The third-order valence-electron chi connectivity index (χ3n) is 3.66. The molecule has 1 fully saturated rings. The van der Waals surface area contributed by atoms with Crippen LogP contribution in [0.25, 0.3) is 0 Å². The number of hydrogen-bond donors (Lipinski definition) is 1. The Kier molecular flexibility index (Phi) is 3.50. The third-order valence-corrected chi connectivity index (χ3v) is 4.28. The van der Waals surface area contributed by atoms with Crippen molar-refractivity contribution in [2.75, 3.05) is 6.61 Å². The molecule has 0 amide bonds. The molecule has 0 heterocycles. The van der Waals surface area contributed by atoms with E-state index in [1.807, 2.05) is 13.0 Å². The van der Waals surface area contributed by atoms with Gasteiger partial charge in [0.1, 0.15) is 5.75 Å². The Bertz CT molecular complexity index is 417. The van der Waals surface area contributed by atoms with E-state index in [4.69, 9.17) is 10.5 Å². The molecule has 1 aliphatic rings. The van der Waals surface area contributed by atoms with Gasteiger partial charge in [0.2, 0.25) is 0 Å². The summed E-state index contributed by atoms with van der Waals surface area (Å²) in [5.74, 6) is 1.49. The summed E-state index contributed by atoms with van der Waals surface area (Å²) in [6, 6.07) is 6.30. The molecule has 94 valence electrons. The van der Waals surface area contributed by atoms with Crippen molar-refractivity contribution in [1.29, 1.82) is 0 Å². The van der Waals surface area contributed by atoms with Crippen molar-refractivity contribution in [1.82, 2.24) is 0 Å². The van der Waals surface area contributed by atoms with Gasteiger partial charge in [-0.05, 0) is 58.3 Å². The molecule has 2 nitrogen and oxygen atoms in total. The van der Waals surface area contributed by atoms with E-state index in [9.17, 15) is 0 Å². The van der Waals surface area contributed by atoms with Crippen molar-refractivity contribution < 1.29 is 4.74 Å². The standard InChI is InChI=1S/C14H20BrNO/c1-4-17-12-6-5-9(7-11(12)15)13(16)10-8-14(10,2)3/h5-7,10,13H,4,8,16H2,1-3H3. The van der Waals surface area contributed by atoms with E-state index in [-0.39, 0.29) is 6.04 Å². The second kappa shape index (κ2) is 4.62. The van der Waals surface area contributed by atoms with E-state index in [1.54, 1.807) is 0 Å². The molecule has 1 aromatic carbocycles. The molecule has 0 spiro atoms. The highest BCUT2D eigenvalue weighted by Gasteiger charge is 2.49. The molecule has 3 heteroatoms. The predicted molar refractivity (Wildman–Crippen MR) is 74.1 cm³/mol. The van der Waals surface area contributed by atoms with Crippen LogP contribution in [0.1, 0.15) is 38.8 Å². The van der Waals surface area contributed by atoms with Gasteiger partial charge in [-0.3, -0.25) is 0 Å². The Morgan fingerprint density at radius 1 is 1.53 bits per heavy atom. The number of benzene rings is 1. The minimum absolute atomic E-state index is 0.136. The smallest absolute Gasteiger partial charge is 0.133 e. The van der Waals surface area contributed by atoms with Gasteiger partial charge in [-0.15, -0.1) is 0 Å². The average molecular weight is 298 g/mol. The topological polar surface area (TPSA) is 35.2 Å². The SMILES string of the molecule is CCOc1ccc(C(N)C2CC2(C)C)cc1Br. The highest BCUT2D eigenvalue weighted by atomic mass is 79.9. The Balaban J connectivity index is 2.15. The highest BCUT2D eigenvalue weighted by molar-refractivity contribution is 9.10. The molecular weight excluding hydrogens is 278 g/mol. The van der Waals surface area contributed by atoms with Crippen LogP contribution in [0.15, 0.2) is 22.7 Å². The molecule has 2 atom stereocenters. The largest absolute Gasteiger partial charge is 0.493 e. The molecular formula is C14H20BrNO. The van der Waals surface area contributed by atoms with Gasteiger partial charge in [-0.25, -0.2) is 0 Å². The number of rotatable bonds is 4. The summed E-state index contributed by atoms with van der Waals surface area (Å²) in [5, 5.41) is 0. The molecule has 0 bridgehead atoms. The van der Waals surface area contributed by atoms with E-state index in [2.05, 4.69) is 41.9 Å². The Hall–Kier alpha value is -0.540. The lowest BCUT2D eigenvalue weighted by Crippen LogP contribution is -2.15. The Morgan fingerprint density at radius 3 is 2.65 bits per heavy atom. The number of nitrogens with two attached hydrogens (primary N) is 1. The monoisotopic (exact) mass is 297 g/mol. The van der Waals surface area contributed by atoms with Crippen LogP contribution in [0.3, 0.4) is 0 Å². The Labute approximate surface area is 112 Å². The first-order valence-corrected chi connectivity index (χ1v) is 6.93. The molecule has 0 aromatic heterocycles. The normalized spacial score (nSPS) is 23.2. The van der Waals surface area contributed by atoms with Crippen LogP contribution in [0.5, 0.6) is 5.75 Å². The molecule has 0 saturated heterocycles. The fourth-order valence-corrected chi connectivity index (χ4v) is 2.86. The number of ether oxygens (including phenoxy) is 1. The average Bonchev–Trinajstić information content (AvgIpc) is 2.90. The zero-order valence-corrected chi connectivity index (χ0v) is 12.3. The van der Waals surface area contributed by atoms with Crippen LogP contribution < -0.4 is 10.5 Å². The first-order valence-electron chi connectivity index (χ1n) is 6.13. The van der Waals surface area contributed by atoms with Crippen LogP contribution in [0.4, 0.5) is 0 Å². The zero-order valence-electron chi connectivity index (χ0n) is 10.7. The molecule has 1 saturated carbocycles. The molecule has 1 aliphatic carbocycles. The van der Waals surface area contributed by atoms with E-state index in [1.165, 1.54) is 12.0 Å². The summed E-state index contributed by atoms with van der Waals surface area (Å²) in [7, 11) is 0. The van der Waals surface area contributed by atoms with Crippen molar-refractivity contribution >= 4 is 15.9 Å². The molecule has 2 N–H and O–H groups in total. The molecule has 1 aromatic rings. The summed E-state index contributed by atoms with van der Waals surface area (Å²) in [6.07, 6.45) is 1.22. The predicted octanol–water partition coefficient (Wildman–Crippen LogP) is 3.89. The van der Waals surface area contributed by atoms with Crippen LogP contribution in [-0.2, 0) is 0 Å². The van der Waals surface area contributed by atoms with E-state index in [0.717, 1.165) is 10.2 Å². The highest BCUT2D eigenvalue weighted by Crippen LogP contribution is 2.57. The summed E-state index contributed by atoms with van der Waals surface area (Å²) < 4.78 is 6.49. The third kappa shape index (κ3) is 2.66. The summed E-state index contributed by atoms with van der Waals surface area (Å²) >= 11 is 3.53. The van der Waals surface area contributed by atoms with E-state index in [0.29, 0.717) is 17.9 Å². The van der Waals surface area contributed by atoms with Crippen molar-refractivity contribution in [3.63, 3.8) is 0 Å². The maximum Gasteiger partial charge on any atom is 0.133 e. The summed E-state index contributed by atoms with van der Waals surface area (Å²) in [4.78, 5) is 0. The minimum atomic E-state index is 0.136. The van der Waals surface area contributed by atoms with Crippen LogP contribution in [0.2, 0.25) is 0 Å². The van der Waals surface area contributed by atoms with Crippen molar-refractivity contribution in [2.45, 2.75) is 33.2 Å². The van der Waals surface area contributed by atoms with Gasteiger partial charge in [-0.1, -0.05) is 19.9 Å². The first-order chi connectivity index (χ1) is 7.95. The molecule has 0 radical (unpaired) electrons. The molecule has 0 aliphatic heterocycles. The van der Waals surface area contributed by atoms with Gasteiger partial charge in [0.15, 0.2) is 0 Å². The summed E-state index contributed by atoms with van der Waals surface area (Å²) in [6.45, 7) is 7.22. The molecule has 2 unspecified atom stereocenters. The zero-order chi connectivity index (χ0) is 12.6. The lowest BCUT2D eigenvalue weighted by molar-refractivity contribution is 0.338. The quantitative estimate of drug-likeness (QED) is 0.915. The maximum atomic E-state index is 6.31. The van der Waals surface area contributed by atoms with Gasteiger partial charge in [0.25, 0.3) is 0 Å². The summed E-state index contributed by atoms with van der Waals surface area (Å²) in [5.41, 5.74) is 7.91. The van der Waals surface area contributed by atoms with Crippen LogP contribution in [-0.4, -0.2) is 6.61 Å². The number of halogens is 1. The fourth-order valence-electron chi connectivity index (χ4n) is 2.35. The Morgan fingerprint density at radius 2 is 2.18 bits per heavy atom. The lowest BCUT2D eigenvalue weighted by atomic mass is 9.98. The van der Waals surface area contributed by atoms with Gasteiger partial charge in [0.05, 0.1) is 11.1 Å². The van der Waals surface area contributed by atoms with Gasteiger partial charge >= 0.3 is 0 Å². The van der Waals surface area contributed by atoms with Crippen LogP contribution >= 0.6 is 15.9 Å². The maximum absolute atomic E-state index is 6.31. The van der Waals surface area contributed by atoms with E-state index >= 15 is 0 Å². The lowest BCUT2D eigenvalue weighted by Gasteiger charge is -2.15. The van der Waals surface area contributed by atoms with Gasteiger partial charge in [0, 0.05) is 6.04 Å². The second-order valence-electron chi connectivity index (χ2n) is 5.45.